The van der Waals surface area contributed by atoms with Gasteiger partial charge >= 0.3 is 6.18 Å². The van der Waals surface area contributed by atoms with E-state index in [4.69, 9.17) is 0 Å². The number of nitro benzene ring substituents is 1. The Morgan fingerprint density at radius 3 is 2.38 bits per heavy atom. The Kier molecular flexibility index (Phi) is 6.11. The number of aliphatic imine (C=N–C) groups is 1. The van der Waals surface area contributed by atoms with E-state index in [1.54, 1.807) is 25.1 Å². The molecule has 0 heterocycles. The van der Waals surface area contributed by atoms with Gasteiger partial charge in [-0.05, 0) is 18.1 Å². The van der Waals surface area contributed by atoms with Crippen LogP contribution < -0.4 is 0 Å². The second kappa shape index (κ2) is 7.46. The summed E-state index contributed by atoms with van der Waals surface area (Å²) in [6, 6.07) is 2.74. The minimum absolute atomic E-state index is 0.0136. The summed E-state index contributed by atoms with van der Waals surface area (Å²) in [7, 11) is 3.47. The number of rotatable bonds is 5. The highest BCUT2D eigenvalue weighted by molar-refractivity contribution is 5.87. The number of benzene rings is 1. The van der Waals surface area contributed by atoms with Gasteiger partial charge in [0.05, 0.1) is 10.6 Å². The van der Waals surface area contributed by atoms with Crippen LogP contribution in [0.3, 0.4) is 0 Å². The smallest absolute Gasteiger partial charge is 0.366 e. The highest BCUT2D eigenvalue weighted by atomic mass is 19.4. The van der Waals surface area contributed by atoms with Crippen LogP contribution in [-0.4, -0.2) is 29.8 Å². The quantitative estimate of drug-likeness (QED) is 0.257. The van der Waals surface area contributed by atoms with Crippen LogP contribution in [0.4, 0.5) is 24.5 Å². The van der Waals surface area contributed by atoms with Crippen molar-refractivity contribution >= 4 is 17.2 Å². The Labute approximate surface area is 138 Å². The number of nitro groups is 1. The molecule has 5 nitrogen and oxygen atoms in total. The highest BCUT2D eigenvalue weighted by Crippen LogP contribution is 2.38. The van der Waals surface area contributed by atoms with Gasteiger partial charge in [0.25, 0.3) is 5.69 Å². The van der Waals surface area contributed by atoms with Crippen LogP contribution in [-0.2, 0) is 6.18 Å². The molecule has 0 aromatic heterocycles. The molecule has 0 saturated carbocycles. The van der Waals surface area contributed by atoms with Crippen molar-refractivity contribution in [1.82, 2.24) is 4.90 Å². The van der Waals surface area contributed by atoms with E-state index in [-0.39, 0.29) is 17.5 Å². The topological polar surface area (TPSA) is 58.7 Å². The molecule has 0 N–H and O–H groups in total. The van der Waals surface area contributed by atoms with E-state index in [9.17, 15) is 23.3 Å². The molecule has 24 heavy (non-hydrogen) atoms. The van der Waals surface area contributed by atoms with Gasteiger partial charge in [-0.3, -0.25) is 10.1 Å². The average Bonchev–Trinajstić information content (AvgIpc) is 2.49. The molecule has 0 radical (unpaired) electrons. The molecule has 1 aromatic carbocycles. The van der Waals surface area contributed by atoms with Gasteiger partial charge in [-0.25, -0.2) is 4.99 Å². The Bertz CT molecular complexity index is 654. The minimum Gasteiger partial charge on any atom is -0.366 e. The van der Waals surface area contributed by atoms with E-state index in [1.165, 1.54) is 6.07 Å². The molecule has 0 spiro atoms. The lowest BCUT2D eigenvalue weighted by molar-refractivity contribution is -0.388. The Balaban J connectivity index is 3.44. The van der Waals surface area contributed by atoms with Gasteiger partial charge in [0, 0.05) is 26.1 Å². The Hall–Kier alpha value is -2.38. The normalized spacial score (nSPS) is 14.9. The van der Waals surface area contributed by atoms with Crippen LogP contribution in [0.1, 0.15) is 19.4 Å². The van der Waals surface area contributed by atoms with Crippen LogP contribution in [0.2, 0.25) is 0 Å². The summed E-state index contributed by atoms with van der Waals surface area (Å²) in [4.78, 5) is 15.7. The van der Waals surface area contributed by atoms with Crippen LogP contribution in [0.5, 0.6) is 0 Å². The summed E-state index contributed by atoms with van der Waals surface area (Å²) < 4.78 is 39.1. The number of nitrogens with zero attached hydrogens (tertiary/aromatic N) is 3. The highest BCUT2D eigenvalue weighted by Gasteiger charge is 2.38. The van der Waals surface area contributed by atoms with Crippen molar-refractivity contribution in [2.24, 2.45) is 16.8 Å². The van der Waals surface area contributed by atoms with Crippen molar-refractivity contribution in [2.45, 2.75) is 20.0 Å². The van der Waals surface area contributed by atoms with Crippen molar-refractivity contribution in [3.8, 4) is 0 Å². The largest absolute Gasteiger partial charge is 0.423 e. The second-order valence-electron chi connectivity index (χ2n) is 5.70. The van der Waals surface area contributed by atoms with Crippen molar-refractivity contribution in [2.75, 3.05) is 14.1 Å². The van der Waals surface area contributed by atoms with Gasteiger partial charge in [0.1, 0.15) is 11.4 Å². The molecule has 1 rings (SSSR count). The number of amidine groups is 1. The monoisotopic (exact) mass is 343 g/mol. The van der Waals surface area contributed by atoms with Crippen molar-refractivity contribution < 1.29 is 18.1 Å². The lowest BCUT2D eigenvalue weighted by Gasteiger charge is -2.25. The Morgan fingerprint density at radius 2 is 1.96 bits per heavy atom. The van der Waals surface area contributed by atoms with Gasteiger partial charge < -0.3 is 4.90 Å². The molecule has 132 valence electrons. The van der Waals surface area contributed by atoms with Crippen LogP contribution in [0, 0.1) is 22.0 Å². The van der Waals surface area contributed by atoms with Gasteiger partial charge in [-0.1, -0.05) is 19.9 Å². The summed E-state index contributed by atoms with van der Waals surface area (Å²) >= 11 is 0. The van der Waals surface area contributed by atoms with Gasteiger partial charge in [0.2, 0.25) is 0 Å². The van der Waals surface area contributed by atoms with E-state index in [1.807, 2.05) is 13.8 Å². The lowest BCUT2D eigenvalue weighted by Crippen LogP contribution is -2.31. The Morgan fingerprint density at radius 1 is 1.38 bits per heavy atom. The standard InChI is InChI=1S/C16H20F3N3O2/c1-6-10(2)11(3)15(21(4)5)20-12-7-8-14(22(23)24)13(9-12)16(17,18)19/h6-11H,1H2,2-5H3. The van der Waals surface area contributed by atoms with Crippen LogP contribution in [0.25, 0.3) is 0 Å². The molecular weight excluding hydrogens is 323 g/mol. The van der Waals surface area contributed by atoms with Crippen molar-refractivity contribution in [3.63, 3.8) is 0 Å². The maximum Gasteiger partial charge on any atom is 0.423 e. The van der Waals surface area contributed by atoms with Gasteiger partial charge in [-0.15, -0.1) is 6.58 Å². The average molecular weight is 343 g/mol. The molecule has 0 saturated heterocycles. The van der Waals surface area contributed by atoms with Gasteiger partial charge in [-0.2, -0.15) is 13.2 Å². The second-order valence-corrected chi connectivity index (χ2v) is 5.70. The van der Waals surface area contributed by atoms with E-state index >= 15 is 0 Å². The third-order valence-corrected chi connectivity index (χ3v) is 3.75. The number of alkyl halides is 3. The predicted octanol–water partition coefficient (Wildman–Crippen LogP) is 4.66. The van der Waals surface area contributed by atoms with Crippen molar-refractivity contribution in [3.05, 3.63) is 46.5 Å². The minimum atomic E-state index is -4.83. The maximum atomic E-state index is 13.0. The molecule has 0 fully saturated rings. The van der Waals surface area contributed by atoms with Crippen molar-refractivity contribution in [1.29, 1.82) is 0 Å². The fraction of sp³-hybridized carbons (Fsp3) is 0.438. The van der Waals surface area contributed by atoms with Gasteiger partial charge in [0.15, 0.2) is 0 Å². The lowest BCUT2D eigenvalue weighted by atomic mass is 9.94. The third kappa shape index (κ3) is 4.56. The summed E-state index contributed by atoms with van der Waals surface area (Å²) in [6.07, 6.45) is -3.09. The fourth-order valence-electron chi connectivity index (χ4n) is 2.16. The fourth-order valence-corrected chi connectivity index (χ4v) is 2.16. The molecule has 0 bridgehead atoms. The SMILES string of the molecule is C=CC(C)C(C)C(=Nc1ccc([N+](=O)[O-])c(C(F)(F)F)c1)N(C)C. The van der Waals surface area contributed by atoms with Crippen LogP contribution in [0.15, 0.2) is 35.8 Å². The van der Waals surface area contributed by atoms with E-state index < -0.39 is 22.4 Å². The van der Waals surface area contributed by atoms with E-state index in [0.717, 1.165) is 6.07 Å². The summed E-state index contributed by atoms with van der Waals surface area (Å²) in [5.41, 5.74) is -2.28. The summed E-state index contributed by atoms with van der Waals surface area (Å²) in [5.74, 6) is 0.540. The molecule has 0 aliphatic rings. The number of hydrogen-bond donors (Lipinski definition) is 0. The molecular formula is C16H20F3N3O2. The summed E-state index contributed by atoms with van der Waals surface area (Å²) in [5, 5.41) is 10.8. The molecule has 8 heteroatoms. The zero-order valence-corrected chi connectivity index (χ0v) is 14.0. The first-order valence-corrected chi connectivity index (χ1v) is 7.23. The molecule has 1 aromatic rings. The number of allylic oxidation sites excluding steroid dienone is 1. The van der Waals surface area contributed by atoms with Crippen LogP contribution >= 0.6 is 0 Å². The third-order valence-electron chi connectivity index (χ3n) is 3.75. The first-order chi connectivity index (χ1) is 11.0. The summed E-state index contributed by atoms with van der Waals surface area (Å²) in [6.45, 7) is 7.53. The van der Waals surface area contributed by atoms with E-state index in [0.29, 0.717) is 11.9 Å². The molecule has 0 aliphatic carbocycles. The zero-order valence-electron chi connectivity index (χ0n) is 14.0. The molecule has 0 amide bonds. The molecule has 2 atom stereocenters. The zero-order chi connectivity index (χ0) is 18.7. The van der Waals surface area contributed by atoms with E-state index in [2.05, 4.69) is 11.6 Å². The maximum absolute atomic E-state index is 13.0. The molecule has 2 unspecified atom stereocenters. The number of halogens is 3. The first kappa shape index (κ1) is 19.7. The predicted molar refractivity (Wildman–Crippen MR) is 87.4 cm³/mol. The molecule has 0 aliphatic heterocycles. The number of hydrogen-bond acceptors (Lipinski definition) is 3. The first-order valence-electron chi connectivity index (χ1n) is 7.23.